The molecule has 2 nitrogen and oxygen atoms in total. The maximum atomic E-state index is 5.53. The summed E-state index contributed by atoms with van der Waals surface area (Å²) in [5.74, 6) is 0.864. The Labute approximate surface area is 94.7 Å². The number of halogens is 1. The van der Waals surface area contributed by atoms with Crippen molar-refractivity contribution in [3.63, 3.8) is 0 Å². The molecule has 2 rings (SSSR count). The first-order valence-corrected chi connectivity index (χ1v) is 5.78. The zero-order chi connectivity index (χ0) is 9.80. The van der Waals surface area contributed by atoms with Crippen LogP contribution in [0, 0.1) is 0 Å². The van der Waals surface area contributed by atoms with Crippen molar-refractivity contribution in [3.8, 4) is 5.75 Å². The SMILES string of the molecule is Brc1ccc(OCc2nccs2)cc1. The summed E-state index contributed by atoms with van der Waals surface area (Å²) in [5.41, 5.74) is 0. The number of nitrogens with zero attached hydrogens (tertiary/aromatic N) is 1. The summed E-state index contributed by atoms with van der Waals surface area (Å²) in [4.78, 5) is 4.13. The van der Waals surface area contributed by atoms with Crippen LogP contribution in [0.3, 0.4) is 0 Å². The molecule has 1 heterocycles. The summed E-state index contributed by atoms with van der Waals surface area (Å²) < 4.78 is 6.59. The minimum atomic E-state index is 0.541. The molecule has 0 saturated heterocycles. The molecule has 72 valence electrons. The van der Waals surface area contributed by atoms with Crippen molar-refractivity contribution >= 4 is 27.3 Å². The standard InChI is InChI=1S/C10H8BrNOS/c11-8-1-3-9(4-2-8)13-7-10-12-5-6-14-10/h1-6H,7H2. The molecular weight excluding hydrogens is 262 g/mol. The molecule has 0 fully saturated rings. The van der Waals surface area contributed by atoms with Crippen LogP contribution < -0.4 is 4.74 Å². The Morgan fingerprint density at radius 3 is 2.71 bits per heavy atom. The van der Waals surface area contributed by atoms with Gasteiger partial charge in [0, 0.05) is 16.0 Å². The fraction of sp³-hybridized carbons (Fsp3) is 0.100. The zero-order valence-corrected chi connectivity index (χ0v) is 9.72. The largest absolute Gasteiger partial charge is 0.486 e. The van der Waals surface area contributed by atoms with Crippen molar-refractivity contribution < 1.29 is 4.74 Å². The second-order valence-corrected chi connectivity index (χ2v) is 4.56. The molecule has 0 radical (unpaired) electrons. The van der Waals surface area contributed by atoms with E-state index in [4.69, 9.17) is 4.74 Å². The van der Waals surface area contributed by atoms with Crippen LogP contribution in [-0.2, 0) is 6.61 Å². The lowest BCUT2D eigenvalue weighted by Gasteiger charge is -2.03. The highest BCUT2D eigenvalue weighted by Gasteiger charge is 1.97. The number of benzene rings is 1. The molecule has 0 saturated carbocycles. The summed E-state index contributed by atoms with van der Waals surface area (Å²) in [7, 11) is 0. The van der Waals surface area contributed by atoms with Gasteiger partial charge < -0.3 is 4.74 Å². The quantitative estimate of drug-likeness (QED) is 0.851. The minimum absolute atomic E-state index is 0.541. The molecular formula is C10H8BrNOS. The van der Waals surface area contributed by atoms with Gasteiger partial charge in [-0.3, -0.25) is 0 Å². The summed E-state index contributed by atoms with van der Waals surface area (Å²) in [6.07, 6.45) is 1.78. The van der Waals surface area contributed by atoms with Gasteiger partial charge in [-0.1, -0.05) is 15.9 Å². The van der Waals surface area contributed by atoms with E-state index in [1.807, 2.05) is 29.6 Å². The lowest BCUT2D eigenvalue weighted by molar-refractivity contribution is 0.305. The molecule has 0 aliphatic rings. The molecule has 0 aliphatic heterocycles. The molecule has 1 aromatic heterocycles. The summed E-state index contributed by atoms with van der Waals surface area (Å²) in [5, 5.41) is 2.94. The first kappa shape index (κ1) is 9.68. The van der Waals surface area contributed by atoms with Crippen molar-refractivity contribution in [1.82, 2.24) is 4.98 Å². The molecule has 14 heavy (non-hydrogen) atoms. The number of rotatable bonds is 3. The monoisotopic (exact) mass is 269 g/mol. The van der Waals surface area contributed by atoms with Crippen LogP contribution in [0.25, 0.3) is 0 Å². The van der Waals surface area contributed by atoms with E-state index in [1.165, 1.54) is 0 Å². The van der Waals surface area contributed by atoms with Crippen LogP contribution >= 0.6 is 27.3 Å². The Kier molecular flexibility index (Phi) is 3.16. The fourth-order valence-electron chi connectivity index (χ4n) is 1.00. The maximum Gasteiger partial charge on any atom is 0.140 e. The number of aromatic nitrogens is 1. The molecule has 0 spiro atoms. The van der Waals surface area contributed by atoms with Crippen molar-refractivity contribution in [3.05, 3.63) is 45.3 Å². The van der Waals surface area contributed by atoms with E-state index < -0.39 is 0 Å². The normalized spacial score (nSPS) is 10.1. The average Bonchev–Trinajstić information content (AvgIpc) is 2.70. The molecule has 0 amide bonds. The molecule has 1 aromatic carbocycles. The third-order valence-corrected chi connectivity index (χ3v) is 2.94. The van der Waals surface area contributed by atoms with Gasteiger partial charge in [0.05, 0.1) is 0 Å². The molecule has 0 bridgehead atoms. The van der Waals surface area contributed by atoms with E-state index in [0.717, 1.165) is 15.2 Å². The van der Waals surface area contributed by atoms with Gasteiger partial charge in [0.1, 0.15) is 17.4 Å². The summed E-state index contributed by atoms with van der Waals surface area (Å²) >= 11 is 4.97. The van der Waals surface area contributed by atoms with E-state index >= 15 is 0 Å². The fourth-order valence-corrected chi connectivity index (χ4v) is 1.79. The number of thiazole rings is 1. The Bertz CT molecular complexity index is 385. The molecule has 0 aliphatic carbocycles. The van der Waals surface area contributed by atoms with Crippen molar-refractivity contribution in [2.24, 2.45) is 0 Å². The van der Waals surface area contributed by atoms with Crippen LogP contribution in [0.15, 0.2) is 40.3 Å². The number of ether oxygens (including phenoxy) is 1. The highest BCUT2D eigenvalue weighted by Crippen LogP contribution is 2.17. The van der Waals surface area contributed by atoms with E-state index in [2.05, 4.69) is 20.9 Å². The van der Waals surface area contributed by atoms with Crippen molar-refractivity contribution in [2.75, 3.05) is 0 Å². The van der Waals surface area contributed by atoms with E-state index in [1.54, 1.807) is 17.5 Å². The molecule has 0 unspecified atom stereocenters. The predicted octanol–water partition coefficient (Wildman–Crippen LogP) is 3.48. The average molecular weight is 270 g/mol. The smallest absolute Gasteiger partial charge is 0.140 e. The first-order chi connectivity index (χ1) is 6.84. The zero-order valence-electron chi connectivity index (χ0n) is 7.31. The third kappa shape index (κ3) is 2.56. The van der Waals surface area contributed by atoms with Gasteiger partial charge in [-0.2, -0.15) is 0 Å². The van der Waals surface area contributed by atoms with Crippen LogP contribution in [0.5, 0.6) is 5.75 Å². The first-order valence-electron chi connectivity index (χ1n) is 4.11. The van der Waals surface area contributed by atoms with Crippen LogP contribution in [-0.4, -0.2) is 4.98 Å². The summed E-state index contributed by atoms with van der Waals surface area (Å²) in [6, 6.07) is 7.77. The molecule has 4 heteroatoms. The highest BCUT2D eigenvalue weighted by molar-refractivity contribution is 9.10. The van der Waals surface area contributed by atoms with Gasteiger partial charge in [0.15, 0.2) is 0 Å². The Hall–Kier alpha value is -0.870. The van der Waals surface area contributed by atoms with Crippen LogP contribution in [0.1, 0.15) is 5.01 Å². The van der Waals surface area contributed by atoms with Gasteiger partial charge in [-0.15, -0.1) is 11.3 Å². The van der Waals surface area contributed by atoms with E-state index in [0.29, 0.717) is 6.61 Å². The Morgan fingerprint density at radius 1 is 1.29 bits per heavy atom. The lowest BCUT2D eigenvalue weighted by Crippen LogP contribution is -1.93. The van der Waals surface area contributed by atoms with Gasteiger partial charge in [-0.05, 0) is 24.3 Å². The van der Waals surface area contributed by atoms with Crippen molar-refractivity contribution in [2.45, 2.75) is 6.61 Å². The third-order valence-electron chi connectivity index (χ3n) is 1.66. The Balaban J connectivity index is 1.95. The van der Waals surface area contributed by atoms with E-state index in [-0.39, 0.29) is 0 Å². The van der Waals surface area contributed by atoms with Gasteiger partial charge in [-0.25, -0.2) is 4.98 Å². The maximum absolute atomic E-state index is 5.53. The predicted molar refractivity (Wildman–Crippen MR) is 60.6 cm³/mol. The minimum Gasteiger partial charge on any atom is -0.486 e. The molecule has 0 atom stereocenters. The van der Waals surface area contributed by atoms with Crippen LogP contribution in [0.2, 0.25) is 0 Å². The second-order valence-electron chi connectivity index (χ2n) is 2.67. The second kappa shape index (κ2) is 4.57. The van der Waals surface area contributed by atoms with Crippen LogP contribution in [0.4, 0.5) is 0 Å². The van der Waals surface area contributed by atoms with Crippen molar-refractivity contribution in [1.29, 1.82) is 0 Å². The highest BCUT2D eigenvalue weighted by atomic mass is 79.9. The number of hydrogen-bond donors (Lipinski definition) is 0. The molecule has 2 aromatic rings. The van der Waals surface area contributed by atoms with Gasteiger partial charge in [0.2, 0.25) is 0 Å². The van der Waals surface area contributed by atoms with Gasteiger partial charge >= 0.3 is 0 Å². The van der Waals surface area contributed by atoms with E-state index in [9.17, 15) is 0 Å². The molecule has 0 N–H and O–H groups in total. The topological polar surface area (TPSA) is 22.1 Å². The summed E-state index contributed by atoms with van der Waals surface area (Å²) in [6.45, 7) is 0.541. The Morgan fingerprint density at radius 2 is 2.07 bits per heavy atom. The lowest BCUT2D eigenvalue weighted by atomic mass is 10.3. The van der Waals surface area contributed by atoms with Gasteiger partial charge in [0.25, 0.3) is 0 Å². The number of hydrogen-bond acceptors (Lipinski definition) is 3.